The van der Waals surface area contributed by atoms with Crippen LogP contribution in [0.3, 0.4) is 0 Å². The lowest BCUT2D eigenvalue weighted by Crippen LogP contribution is -2.41. The van der Waals surface area contributed by atoms with Crippen LogP contribution in [-0.4, -0.2) is 26.3 Å². The van der Waals surface area contributed by atoms with E-state index in [0.717, 1.165) is 22.6 Å². The van der Waals surface area contributed by atoms with E-state index in [4.69, 9.17) is 18.9 Å². The molecule has 0 saturated carbocycles. The van der Waals surface area contributed by atoms with Gasteiger partial charge in [-0.1, -0.05) is 42.5 Å². The molecule has 2 aromatic carbocycles. The molecule has 0 bridgehead atoms. The van der Waals surface area contributed by atoms with E-state index in [1.165, 1.54) is 0 Å². The fourth-order valence-corrected chi connectivity index (χ4v) is 3.06. The first-order valence-electron chi connectivity index (χ1n) is 8.60. The lowest BCUT2D eigenvalue weighted by Gasteiger charge is -2.33. The molecule has 25 heavy (non-hydrogen) atoms. The van der Waals surface area contributed by atoms with Gasteiger partial charge in [-0.3, -0.25) is 0 Å². The van der Waals surface area contributed by atoms with Gasteiger partial charge in [0.05, 0.1) is 20.3 Å². The molecule has 0 aromatic heterocycles. The van der Waals surface area contributed by atoms with Gasteiger partial charge in [0.25, 0.3) is 0 Å². The average Bonchev–Trinajstić information content (AvgIpc) is 3.02. The lowest BCUT2D eigenvalue weighted by atomic mass is 9.96. The van der Waals surface area contributed by atoms with Crippen LogP contribution >= 0.6 is 0 Å². The zero-order valence-electron chi connectivity index (χ0n) is 14.9. The van der Waals surface area contributed by atoms with Crippen LogP contribution < -0.4 is 4.74 Å². The Morgan fingerprint density at radius 2 is 1.56 bits per heavy atom. The Hall–Kier alpha value is -2.30. The number of ether oxygens (including phenoxy) is 4. The van der Waals surface area contributed by atoms with Crippen molar-refractivity contribution in [1.29, 1.82) is 0 Å². The van der Waals surface area contributed by atoms with Crippen molar-refractivity contribution in [3.63, 3.8) is 0 Å². The van der Waals surface area contributed by atoms with Crippen molar-refractivity contribution in [3.05, 3.63) is 71.8 Å². The fourth-order valence-electron chi connectivity index (χ4n) is 3.06. The third-order valence-electron chi connectivity index (χ3n) is 4.18. The summed E-state index contributed by atoms with van der Waals surface area (Å²) in [6, 6.07) is 17.9. The predicted octanol–water partition coefficient (Wildman–Crippen LogP) is 4.58. The molecule has 1 atom stereocenters. The first-order chi connectivity index (χ1) is 12.2. The van der Waals surface area contributed by atoms with Crippen molar-refractivity contribution in [2.45, 2.75) is 25.7 Å². The van der Waals surface area contributed by atoms with Crippen molar-refractivity contribution in [2.24, 2.45) is 0 Å². The van der Waals surface area contributed by atoms with Gasteiger partial charge in [-0.25, -0.2) is 0 Å². The van der Waals surface area contributed by atoms with Crippen LogP contribution in [0.5, 0.6) is 5.75 Å². The molecule has 132 valence electrons. The molecule has 1 heterocycles. The van der Waals surface area contributed by atoms with E-state index >= 15 is 0 Å². The van der Waals surface area contributed by atoms with Gasteiger partial charge in [-0.2, -0.15) is 0 Å². The van der Waals surface area contributed by atoms with Crippen LogP contribution in [0, 0.1) is 0 Å². The molecular weight excluding hydrogens is 316 g/mol. The molecule has 1 aliphatic rings. The van der Waals surface area contributed by atoms with Crippen LogP contribution in [0.1, 0.15) is 30.9 Å². The average molecular weight is 340 g/mol. The second-order valence-electron chi connectivity index (χ2n) is 5.72. The van der Waals surface area contributed by atoms with Crippen LogP contribution in [0.2, 0.25) is 0 Å². The Morgan fingerprint density at radius 3 is 2.12 bits per heavy atom. The Balaban J connectivity index is 2.01. The molecular formula is C21H24O4. The van der Waals surface area contributed by atoms with Gasteiger partial charge >= 0.3 is 5.97 Å². The third-order valence-corrected chi connectivity index (χ3v) is 4.18. The molecule has 3 rings (SSSR count). The number of hydrogen-bond acceptors (Lipinski definition) is 4. The quantitative estimate of drug-likeness (QED) is 0.692. The summed E-state index contributed by atoms with van der Waals surface area (Å²) in [6.45, 7) is 4.86. The van der Waals surface area contributed by atoms with Crippen molar-refractivity contribution >= 4 is 5.76 Å². The van der Waals surface area contributed by atoms with E-state index < -0.39 is 5.97 Å². The molecule has 0 radical (unpaired) electrons. The highest BCUT2D eigenvalue weighted by Crippen LogP contribution is 2.46. The Kier molecular flexibility index (Phi) is 5.41. The van der Waals surface area contributed by atoms with Crippen LogP contribution in [0.15, 0.2) is 60.7 Å². The van der Waals surface area contributed by atoms with E-state index in [2.05, 4.69) is 6.08 Å². The molecule has 0 spiro atoms. The molecule has 4 nitrogen and oxygen atoms in total. The predicted molar refractivity (Wildman–Crippen MR) is 97.2 cm³/mol. The molecule has 0 amide bonds. The van der Waals surface area contributed by atoms with E-state index in [-0.39, 0.29) is 5.92 Å². The van der Waals surface area contributed by atoms with Gasteiger partial charge in [0, 0.05) is 5.56 Å². The van der Waals surface area contributed by atoms with Crippen LogP contribution in [0.4, 0.5) is 0 Å². The van der Waals surface area contributed by atoms with Gasteiger partial charge in [0.15, 0.2) is 0 Å². The summed E-state index contributed by atoms with van der Waals surface area (Å²) < 4.78 is 23.4. The minimum atomic E-state index is -1.15. The van der Waals surface area contributed by atoms with Crippen molar-refractivity contribution < 1.29 is 18.9 Å². The zero-order valence-corrected chi connectivity index (χ0v) is 14.9. The zero-order chi connectivity index (χ0) is 17.7. The second kappa shape index (κ2) is 7.72. The highest BCUT2D eigenvalue weighted by Gasteiger charge is 2.49. The highest BCUT2D eigenvalue weighted by molar-refractivity contribution is 5.64. The molecule has 1 unspecified atom stereocenters. The summed E-state index contributed by atoms with van der Waals surface area (Å²) in [5.41, 5.74) is 2.05. The van der Waals surface area contributed by atoms with Gasteiger partial charge in [0.1, 0.15) is 17.4 Å². The van der Waals surface area contributed by atoms with Gasteiger partial charge in [-0.05, 0) is 37.6 Å². The minimum absolute atomic E-state index is 0.173. The summed E-state index contributed by atoms with van der Waals surface area (Å²) in [7, 11) is 1.66. The highest BCUT2D eigenvalue weighted by atomic mass is 16.9. The molecule has 0 N–H and O–H groups in total. The summed E-state index contributed by atoms with van der Waals surface area (Å²) in [6.07, 6.45) is 2.07. The maximum Gasteiger partial charge on any atom is 0.338 e. The second-order valence-corrected chi connectivity index (χ2v) is 5.72. The SMILES string of the molecule is CCOC1(OCC)OC(c2ccccc2)=CC1c1ccc(OC)cc1. The first-order valence-corrected chi connectivity index (χ1v) is 8.60. The van der Waals surface area contributed by atoms with E-state index in [1.54, 1.807) is 7.11 Å². The Bertz CT molecular complexity index is 700. The van der Waals surface area contributed by atoms with Gasteiger partial charge in [-0.15, -0.1) is 0 Å². The monoisotopic (exact) mass is 340 g/mol. The first kappa shape index (κ1) is 17.5. The maximum atomic E-state index is 6.22. The topological polar surface area (TPSA) is 36.9 Å². The Labute approximate surface area is 149 Å². The number of methoxy groups -OCH3 is 1. The summed E-state index contributed by atoms with van der Waals surface area (Å²) >= 11 is 0. The largest absolute Gasteiger partial charge is 0.497 e. The van der Waals surface area contributed by atoms with E-state index in [0.29, 0.717) is 13.2 Å². The number of rotatable bonds is 7. The van der Waals surface area contributed by atoms with Gasteiger partial charge < -0.3 is 18.9 Å². The van der Waals surface area contributed by atoms with Gasteiger partial charge in [0.2, 0.25) is 0 Å². The smallest absolute Gasteiger partial charge is 0.338 e. The standard InChI is InChI=1S/C21H24O4/c1-4-23-21(24-5-2)19(16-11-13-18(22-3)14-12-16)15-20(25-21)17-9-7-6-8-10-17/h6-15,19H,4-5H2,1-3H3. The summed E-state index contributed by atoms with van der Waals surface area (Å²) in [5, 5.41) is 0. The molecule has 2 aromatic rings. The molecule has 4 heteroatoms. The fraction of sp³-hybridized carbons (Fsp3) is 0.333. The molecule has 1 aliphatic heterocycles. The normalized spacial score (nSPS) is 18.5. The Morgan fingerprint density at radius 1 is 0.920 bits per heavy atom. The van der Waals surface area contributed by atoms with Crippen LogP contribution in [-0.2, 0) is 14.2 Å². The molecule has 0 fully saturated rings. The minimum Gasteiger partial charge on any atom is -0.497 e. The van der Waals surface area contributed by atoms with Crippen molar-refractivity contribution in [1.82, 2.24) is 0 Å². The summed E-state index contributed by atoms with van der Waals surface area (Å²) in [5.74, 6) is 0.258. The number of benzene rings is 2. The molecule has 0 saturated heterocycles. The van der Waals surface area contributed by atoms with Crippen LogP contribution in [0.25, 0.3) is 5.76 Å². The molecule has 0 aliphatic carbocycles. The van der Waals surface area contributed by atoms with Crippen molar-refractivity contribution in [2.75, 3.05) is 20.3 Å². The maximum absolute atomic E-state index is 6.22. The lowest BCUT2D eigenvalue weighted by molar-refractivity contribution is -0.351. The summed E-state index contributed by atoms with van der Waals surface area (Å²) in [4.78, 5) is 0. The third kappa shape index (κ3) is 3.55. The number of hydrogen-bond donors (Lipinski definition) is 0. The van der Waals surface area contributed by atoms with E-state index in [1.807, 2.05) is 68.4 Å². The van der Waals surface area contributed by atoms with Crippen molar-refractivity contribution in [3.8, 4) is 5.75 Å². The van der Waals surface area contributed by atoms with E-state index in [9.17, 15) is 0 Å².